The SMILES string of the molecule is CC(=O)C12[C@@H]3C=C(COC(c4ccccc4)(c4ccccc4)c4ccccc4)C[C@]4(O[Si](C)(C)C)C(=O)C(C)=C[C@H]4[C@@]3(O)[C@H](C)CC1(O[Si](C)(C)C)C2(C)C. The van der Waals surface area contributed by atoms with Gasteiger partial charge in [-0.3, -0.25) is 9.59 Å². The quantitative estimate of drug-likeness (QED) is 0.119. The third-order valence-corrected chi connectivity index (χ3v) is 15.4. The van der Waals surface area contributed by atoms with E-state index in [1.54, 1.807) is 6.92 Å². The molecule has 0 aromatic heterocycles. The molecule has 0 aliphatic heterocycles. The first-order valence-electron chi connectivity index (χ1n) is 20.0. The van der Waals surface area contributed by atoms with E-state index in [0.29, 0.717) is 12.0 Å². The Hall–Kier alpha value is -3.25. The number of ether oxygens (including phenoxy) is 1. The Morgan fingerprint density at radius 2 is 1.25 bits per heavy atom. The second-order valence-electron chi connectivity index (χ2n) is 19.3. The van der Waals surface area contributed by atoms with Gasteiger partial charge < -0.3 is 18.7 Å². The van der Waals surface area contributed by atoms with Gasteiger partial charge >= 0.3 is 0 Å². The van der Waals surface area contributed by atoms with Crippen LogP contribution in [0, 0.1) is 28.6 Å². The van der Waals surface area contributed by atoms with E-state index in [2.05, 4.69) is 103 Å². The van der Waals surface area contributed by atoms with Crippen LogP contribution in [0.1, 0.15) is 64.2 Å². The predicted octanol–water partition coefficient (Wildman–Crippen LogP) is 9.65. The smallest absolute Gasteiger partial charge is 0.189 e. The Bertz CT molecular complexity index is 1930. The van der Waals surface area contributed by atoms with Crippen molar-refractivity contribution in [2.75, 3.05) is 6.61 Å². The first kappa shape index (κ1) is 40.0. The van der Waals surface area contributed by atoms with Crippen LogP contribution in [0.3, 0.4) is 0 Å². The fourth-order valence-electron chi connectivity index (χ4n) is 11.8. The van der Waals surface area contributed by atoms with Gasteiger partial charge in [0.2, 0.25) is 0 Å². The fraction of sp³-hybridized carbons (Fsp3) is 0.489. The predicted molar refractivity (Wildman–Crippen MR) is 224 cm³/mol. The largest absolute Gasteiger partial charge is 0.410 e. The molecule has 0 radical (unpaired) electrons. The summed E-state index contributed by atoms with van der Waals surface area (Å²) in [6.45, 7) is 22.9. The summed E-state index contributed by atoms with van der Waals surface area (Å²) in [4.78, 5) is 29.5. The Morgan fingerprint density at radius 3 is 1.69 bits per heavy atom. The van der Waals surface area contributed by atoms with Crippen molar-refractivity contribution in [3.05, 3.63) is 131 Å². The van der Waals surface area contributed by atoms with Gasteiger partial charge in [-0.05, 0) is 93.3 Å². The lowest BCUT2D eigenvalue weighted by atomic mass is 9.55. The fourth-order valence-corrected chi connectivity index (χ4v) is 14.7. The molecule has 292 valence electrons. The summed E-state index contributed by atoms with van der Waals surface area (Å²) in [6, 6.07) is 30.8. The second-order valence-corrected chi connectivity index (χ2v) is 28.2. The summed E-state index contributed by atoms with van der Waals surface area (Å²) < 4.78 is 21.9. The highest BCUT2D eigenvalue weighted by Crippen LogP contribution is 2.85. The molecule has 0 amide bonds. The van der Waals surface area contributed by atoms with Crippen molar-refractivity contribution in [3.63, 3.8) is 0 Å². The van der Waals surface area contributed by atoms with E-state index < -0.39 is 61.7 Å². The van der Waals surface area contributed by atoms with Crippen molar-refractivity contribution < 1.29 is 28.3 Å². The molecule has 7 rings (SSSR count). The van der Waals surface area contributed by atoms with Crippen LogP contribution in [0.4, 0.5) is 0 Å². The average molecular weight is 777 g/mol. The molecular weight excluding hydrogens is 717 g/mol. The van der Waals surface area contributed by atoms with Crippen LogP contribution in [0.15, 0.2) is 114 Å². The molecule has 7 atom stereocenters. The van der Waals surface area contributed by atoms with Crippen molar-refractivity contribution in [2.45, 2.75) is 109 Å². The molecule has 2 saturated carbocycles. The van der Waals surface area contributed by atoms with E-state index >= 15 is 0 Å². The van der Waals surface area contributed by atoms with Crippen molar-refractivity contribution in [1.82, 2.24) is 0 Å². The Balaban J connectivity index is 1.49. The lowest BCUT2D eigenvalue weighted by Gasteiger charge is -2.55. The standard InChI is InChI=1S/C47H60O6Si2/c1-32-27-39-43(41(32)49,52-54(6,7)8)30-35(28-40-45(39,50)33(2)29-44(53-55(9,10)11)42(4,5)47(40,44)34(3)48)31-51-46(36-21-15-12-16-22-36,37-23-17-13-18-24-37)38-25-19-14-20-26-38/h12-28,33,39-40,50H,29-31H2,1-11H3/t33-,39-,40-,43-,44?,45+,47?/m1/s1. The third-order valence-electron chi connectivity index (χ3n) is 13.5. The van der Waals surface area contributed by atoms with Crippen LogP contribution >= 0.6 is 0 Å². The molecule has 55 heavy (non-hydrogen) atoms. The van der Waals surface area contributed by atoms with Crippen LogP contribution in [-0.4, -0.2) is 56.7 Å². The first-order chi connectivity index (χ1) is 25.6. The van der Waals surface area contributed by atoms with Gasteiger partial charge in [0.25, 0.3) is 0 Å². The minimum absolute atomic E-state index is 0.0124. The molecule has 6 nitrogen and oxygen atoms in total. The lowest BCUT2D eigenvalue weighted by Crippen LogP contribution is -2.66. The van der Waals surface area contributed by atoms with Gasteiger partial charge in [-0.15, -0.1) is 0 Å². The molecule has 0 spiro atoms. The molecule has 1 N–H and O–H groups in total. The maximum atomic E-state index is 14.9. The lowest BCUT2D eigenvalue weighted by molar-refractivity contribution is -0.187. The second kappa shape index (κ2) is 13.1. The van der Waals surface area contributed by atoms with Crippen LogP contribution < -0.4 is 0 Å². The molecule has 0 saturated heterocycles. The monoisotopic (exact) mass is 776 g/mol. The number of aliphatic hydroxyl groups is 1. The third kappa shape index (κ3) is 5.68. The van der Waals surface area contributed by atoms with E-state index in [1.807, 2.05) is 67.6 Å². The van der Waals surface area contributed by atoms with E-state index in [4.69, 9.17) is 13.6 Å². The summed E-state index contributed by atoms with van der Waals surface area (Å²) in [7, 11) is -4.64. The van der Waals surface area contributed by atoms with Crippen LogP contribution in [0.5, 0.6) is 0 Å². The van der Waals surface area contributed by atoms with Gasteiger partial charge in [0.15, 0.2) is 22.4 Å². The minimum atomic E-state index is -2.43. The summed E-state index contributed by atoms with van der Waals surface area (Å²) >= 11 is 0. The number of hydrogen-bond acceptors (Lipinski definition) is 6. The minimum Gasteiger partial charge on any atom is -0.410 e. The topological polar surface area (TPSA) is 82.1 Å². The van der Waals surface area contributed by atoms with Gasteiger partial charge in [-0.1, -0.05) is 124 Å². The normalized spacial score (nSPS) is 32.7. The number of carbonyl (C=O) groups is 2. The summed E-state index contributed by atoms with van der Waals surface area (Å²) in [5.41, 5.74) is -1.92. The molecule has 0 bridgehead atoms. The van der Waals surface area contributed by atoms with Gasteiger partial charge in [-0.2, -0.15) is 0 Å². The molecule has 3 aromatic carbocycles. The van der Waals surface area contributed by atoms with Gasteiger partial charge in [0, 0.05) is 23.7 Å². The van der Waals surface area contributed by atoms with Crippen molar-refractivity contribution in [1.29, 1.82) is 0 Å². The molecular formula is C47H60O6Si2. The number of Topliss-reactive ketones (excluding diaryl/α,β-unsaturated/α-hetero) is 2. The van der Waals surface area contributed by atoms with E-state index in [-0.39, 0.29) is 30.5 Å². The Labute approximate surface area is 330 Å². The summed E-state index contributed by atoms with van der Waals surface area (Å²) in [5, 5.41) is 13.8. The zero-order valence-corrected chi connectivity index (χ0v) is 36.7. The highest BCUT2D eigenvalue weighted by Gasteiger charge is 2.92. The van der Waals surface area contributed by atoms with Crippen molar-refractivity contribution >= 4 is 28.2 Å². The number of fused-ring (bicyclic) bond motifs is 5. The number of carbonyl (C=O) groups excluding carboxylic acids is 2. The van der Waals surface area contributed by atoms with Crippen LogP contribution in [0.2, 0.25) is 39.3 Å². The first-order valence-corrected chi connectivity index (χ1v) is 26.8. The van der Waals surface area contributed by atoms with Crippen molar-refractivity contribution in [2.24, 2.45) is 28.6 Å². The molecule has 0 heterocycles. The van der Waals surface area contributed by atoms with Gasteiger partial charge in [0.1, 0.15) is 17.0 Å². The van der Waals surface area contributed by atoms with Crippen LogP contribution in [0.25, 0.3) is 0 Å². The zero-order chi connectivity index (χ0) is 40.0. The molecule has 3 aromatic rings. The highest BCUT2D eigenvalue weighted by molar-refractivity contribution is 6.70. The van der Waals surface area contributed by atoms with Gasteiger partial charge in [0.05, 0.1) is 23.2 Å². The maximum Gasteiger partial charge on any atom is 0.189 e. The number of ketones is 2. The average Bonchev–Trinajstić information content (AvgIpc) is 3.46. The van der Waals surface area contributed by atoms with Crippen LogP contribution in [-0.2, 0) is 28.8 Å². The van der Waals surface area contributed by atoms with Gasteiger partial charge in [-0.25, -0.2) is 0 Å². The highest BCUT2D eigenvalue weighted by atomic mass is 28.4. The Morgan fingerprint density at radius 1 is 0.782 bits per heavy atom. The summed E-state index contributed by atoms with van der Waals surface area (Å²) in [5.74, 6) is -1.74. The molecule has 2 unspecified atom stereocenters. The number of hydrogen-bond donors (Lipinski definition) is 1. The van der Waals surface area contributed by atoms with E-state index in [1.165, 1.54) is 0 Å². The maximum absolute atomic E-state index is 14.9. The number of rotatable bonds is 11. The van der Waals surface area contributed by atoms with Crippen molar-refractivity contribution in [3.8, 4) is 0 Å². The van der Waals surface area contributed by atoms with E-state index in [0.717, 1.165) is 22.3 Å². The molecule has 4 aliphatic rings. The zero-order valence-electron chi connectivity index (χ0n) is 34.7. The number of benzene rings is 3. The molecule has 2 fully saturated rings. The molecule has 4 aliphatic carbocycles. The Kier molecular flexibility index (Phi) is 9.55. The molecule has 8 heteroatoms. The summed E-state index contributed by atoms with van der Waals surface area (Å²) in [6.07, 6.45) is 4.87. The van der Waals surface area contributed by atoms with E-state index in [9.17, 15) is 14.7 Å².